The molecule has 0 saturated heterocycles. The van der Waals surface area contributed by atoms with E-state index in [2.05, 4.69) is 15.0 Å². The number of urea groups is 1. The Hall–Kier alpha value is -2.25. The molecule has 0 atom stereocenters. The fourth-order valence-electron chi connectivity index (χ4n) is 1.54. The van der Waals surface area contributed by atoms with Crippen LogP contribution in [0.1, 0.15) is 16.3 Å². The Bertz CT molecular complexity index is 481. The van der Waals surface area contributed by atoms with Gasteiger partial charge in [0.05, 0.1) is 7.11 Å². The SMILES string of the molecule is COC(=O)c1nc(C)n(CCNC(=O)N(C)C)c1N. The van der Waals surface area contributed by atoms with Gasteiger partial charge in [0, 0.05) is 27.2 Å². The molecule has 1 aromatic heterocycles. The summed E-state index contributed by atoms with van der Waals surface area (Å²) in [5.74, 6) is 0.261. The van der Waals surface area contributed by atoms with Crippen LogP contribution in [0, 0.1) is 6.92 Å². The number of carbonyl (C=O) groups excluding carboxylic acids is 2. The number of nitrogens with one attached hydrogen (secondary N) is 1. The van der Waals surface area contributed by atoms with Gasteiger partial charge in [-0.05, 0) is 6.92 Å². The molecule has 3 N–H and O–H groups in total. The Morgan fingerprint density at radius 3 is 2.63 bits per heavy atom. The van der Waals surface area contributed by atoms with Crippen LogP contribution in [0.3, 0.4) is 0 Å². The van der Waals surface area contributed by atoms with Gasteiger partial charge in [-0.2, -0.15) is 0 Å². The van der Waals surface area contributed by atoms with Gasteiger partial charge in [-0.15, -0.1) is 0 Å². The molecule has 0 aromatic carbocycles. The van der Waals surface area contributed by atoms with Crippen molar-refractivity contribution in [3.8, 4) is 0 Å². The molecule has 0 aliphatic carbocycles. The van der Waals surface area contributed by atoms with Gasteiger partial charge in [0.25, 0.3) is 0 Å². The van der Waals surface area contributed by atoms with Crippen molar-refractivity contribution < 1.29 is 14.3 Å². The fourth-order valence-corrected chi connectivity index (χ4v) is 1.54. The van der Waals surface area contributed by atoms with Crippen LogP contribution in [-0.2, 0) is 11.3 Å². The summed E-state index contributed by atoms with van der Waals surface area (Å²) in [6.45, 7) is 2.55. The average Bonchev–Trinajstić information content (AvgIpc) is 2.65. The number of esters is 1. The van der Waals surface area contributed by atoms with E-state index in [1.165, 1.54) is 12.0 Å². The van der Waals surface area contributed by atoms with Gasteiger partial charge in [0.15, 0.2) is 5.69 Å². The summed E-state index contributed by atoms with van der Waals surface area (Å²) >= 11 is 0. The second-order valence-corrected chi connectivity index (χ2v) is 4.16. The van der Waals surface area contributed by atoms with E-state index in [4.69, 9.17) is 5.73 Å². The number of aromatic nitrogens is 2. The van der Waals surface area contributed by atoms with E-state index in [9.17, 15) is 9.59 Å². The molecule has 1 heterocycles. The van der Waals surface area contributed by atoms with Crippen molar-refractivity contribution in [1.29, 1.82) is 0 Å². The normalized spacial score (nSPS) is 10.1. The summed E-state index contributed by atoms with van der Waals surface area (Å²) in [5.41, 5.74) is 5.93. The van der Waals surface area contributed by atoms with Gasteiger partial charge in [-0.25, -0.2) is 14.6 Å². The Morgan fingerprint density at radius 1 is 1.47 bits per heavy atom. The predicted octanol–water partition coefficient (Wildman–Crippen LogP) is -0.168. The standard InChI is InChI=1S/C11H19N5O3/c1-7-14-8(10(17)19-4)9(12)16(7)6-5-13-11(18)15(2)3/h5-6,12H2,1-4H3,(H,13,18). The molecule has 2 amide bonds. The highest BCUT2D eigenvalue weighted by molar-refractivity contribution is 5.92. The molecule has 0 bridgehead atoms. The molecule has 8 heteroatoms. The van der Waals surface area contributed by atoms with Crippen LogP contribution in [0.2, 0.25) is 0 Å². The van der Waals surface area contributed by atoms with E-state index < -0.39 is 5.97 Å². The van der Waals surface area contributed by atoms with Crippen molar-refractivity contribution in [1.82, 2.24) is 19.8 Å². The predicted molar refractivity (Wildman–Crippen MR) is 69.8 cm³/mol. The molecule has 0 fully saturated rings. The number of rotatable bonds is 4. The van der Waals surface area contributed by atoms with Crippen LogP contribution >= 0.6 is 0 Å². The van der Waals surface area contributed by atoms with Crippen molar-refractivity contribution in [2.24, 2.45) is 0 Å². The largest absolute Gasteiger partial charge is 0.464 e. The van der Waals surface area contributed by atoms with E-state index in [1.807, 2.05) is 0 Å². The van der Waals surface area contributed by atoms with E-state index >= 15 is 0 Å². The third-order valence-electron chi connectivity index (χ3n) is 2.59. The number of imidazole rings is 1. The Morgan fingerprint density at radius 2 is 2.11 bits per heavy atom. The van der Waals surface area contributed by atoms with Crippen molar-refractivity contribution in [2.75, 3.05) is 33.5 Å². The monoisotopic (exact) mass is 269 g/mol. The zero-order valence-electron chi connectivity index (χ0n) is 11.6. The second kappa shape index (κ2) is 6.07. The maximum atomic E-state index is 11.4. The minimum absolute atomic E-state index is 0.0962. The maximum Gasteiger partial charge on any atom is 0.360 e. The van der Waals surface area contributed by atoms with Crippen molar-refractivity contribution in [3.05, 3.63) is 11.5 Å². The van der Waals surface area contributed by atoms with Gasteiger partial charge in [-0.3, -0.25) is 0 Å². The van der Waals surface area contributed by atoms with Gasteiger partial charge in [0.1, 0.15) is 11.6 Å². The summed E-state index contributed by atoms with van der Waals surface area (Å²) < 4.78 is 6.24. The number of hydrogen-bond acceptors (Lipinski definition) is 5. The van der Waals surface area contributed by atoms with Crippen molar-refractivity contribution in [3.63, 3.8) is 0 Å². The molecule has 106 valence electrons. The fraction of sp³-hybridized carbons (Fsp3) is 0.545. The number of nitrogens with zero attached hydrogens (tertiary/aromatic N) is 3. The molecular weight excluding hydrogens is 250 g/mol. The van der Waals surface area contributed by atoms with Crippen LogP contribution in [0.5, 0.6) is 0 Å². The lowest BCUT2D eigenvalue weighted by Crippen LogP contribution is -2.36. The number of ether oxygens (including phenoxy) is 1. The molecule has 0 aliphatic heterocycles. The zero-order valence-corrected chi connectivity index (χ0v) is 11.6. The topological polar surface area (TPSA) is 102 Å². The lowest BCUT2D eigenvalue weighted by atomic mass is 10.4. The van der Waals surface area contributed by atoms with Crippen LogP contribution < -0.4 is 11.1 Å². The first-order valence-corrected chi connectivity index (χ1v) is 5.74. The Labute approximate surface area is 111 Å². The summed E-state index contributed by atoms with van der Waals surface area (Å²) in [6.07, 6.45) is 0. The molecule has 1 aromatic rings. The van der Waals surface area contributed by atoms with Crippen molar-refractivity contribution in [2.45, 2.75) is 13.5 Å². The minimum Gasteiger partial charge on any atom is -0.464 e. The molecule has 8 nitrogen and oxygen atoms in total. The van der Waals surface area contributed by atoms with Gasteiger partial charge < -0.3 is 25.3 Å². The van der Waals surface area contributed by atoms with Crippen molar-refractivity contribution >= 4 is 17.8 Å². The smallest absolute Gasteiger partial charge is 0.360 e. The number of nitrogens with two attached hydrogens (primary N) is 1. The molecular formula is C11H19N5O3. The summed E-state index contributed by atoms with van der Waals surface area (Å²) in [7, 11) is 4.58. The summed E-state index contributed by atoms with van der Waals surface area (Å²) in [6, 6.07) is -0.190. The number of aryl methyl sites for hydroxylation is 1. The number of methoxy groups -OCH3 is 1. The number of carbonyl (C=O) groups is 2. The first kappa shape index (κ1) is 14.8. The molecule has 0 spiro atoms. The van der Waals surface area contributed by atoms with E-state index in [1.54, 1.807) is 25.6 Å². The average molecular weight is 269 g/mol. The van der Waals surface area contributed by atoms with Crippen LogP contribution in [-0.4, -0.2) is 54.2 Å². The highest BCUT2D eigenvalue weighted by Gasteiger charge is 2.18. The number of hydrogen-bond donors (Lipinski definition) is 2. The molecule has 19 heavy (non-hydrogen) atoms. The third-order valence-corrected chi connectivity index (χ3v) is 2.59. The zero-order chi connectivity index (χ0) is 14.6. The maximum absolute atomic E-state index is 11.4. The van der Waals surface area contributed by atoms with Crippen LogP contribution in [0.4, 0.5) is 10.6 Å². The number of nitrogen functional groups attached to an aromatic ring is 1. The first-order chi connectivity index (χ1) is 8.88. The summed E-state index contributed by atoms with van der Waals surface area (Å²) in [4.78, 5) is 28.3. The first-order valence-electron chi connectivity index (χ1n) is 5.74. The third kappa shape index (κ3) is 3.36. The van der Waals surface area contributed by atoms with Gasteiger partial charge in [-0.1, -0.05) is 0 Å². The lowest BCUT2D eigenvalue weighted by Gasteiger charge is -2.13. The molecule has 0 aliphatic rings. The lowest BCUT2D eigenvalue weighted by molar-refractivity contribution is 0.0595. The highest BCUT2D eigenvalue weighted by Crippen LogP contribution is 2.14. The second-order valence-electron chi connectivity index (χ2n) is 4.16. The van der Waals surface area contributed by atoms with Gasteiger partial charge in [0.2, 0.25) is 0 Å². The molecule has 0 unspecified atom stereocenters. The molecule has 0 saturated carbocycles. The van der Waals surface area contributed by atoms with E-state index in [0.29, 0.717) is 18.9 Å². The number of anilines is 1. The van der Waals surface area contributed by atoms with E-state index in [-0.39, 0.29) is 17.5 Å². The van der Waals surface area contributed by atoms with Crippen LogP contribution in [0.25, 0.3) is 0 Å². The quantitative estimate of drug-likeness (QED) is 0.739. The van der Waals surface area contributed by atoms with Gasteiger partial charge >= 0.3 is 12.0 Å². The molecule has 1 rings (SSSR count). The summed E-state index contributed by atoms with van der Waals surface area (Å²) in [5, 5.41) is 2.70. The van der Waals surface area contributed by atoms with Crippen LogP contribution in [0.15, 0.2) is 0 Å². The van der Waals surface area contributed by atoms with E-state index in [0.717, 1.165) is 0 Å². The number of amides is 2. The Kier molecular flexibility index (Phi) is 4.74. The minimum atomic E-state index is -0.573. The Balaban J connectivity index is 2.72. The highest BCUT2D eigenvalue weighted by atomic mass is 16.5. The molecule has 0 radical (unpaired) electrons.